The first kappa shape index (κ1) is 30.7. The molecule has 3 aromatic rings. The highest BCUT2D eigenvalue weighted by Gasteiger charge is 2.34. The maximum Gasteiger partial charge on any atom is 0.323 e. The van der Waals surface area contributed by atoms with Gasteiger partial charge in [-0.25, -0.2) is 4.79 Å². The van der Waals surface area contributed by atoms with Gasteiger partial charge in [-0.05, 0) is 68.1 Å². The van der Waals surface area contributed by atoms with Crippen molar-refractivity contribution in [2.45, 2.75) is 32.5 Å². The number of fused-ring (bicyclic) bond motifs is 1. The maximum absolute atomic E-state index is 13.7. The lowest BCUT2D eigenvalue weighted by molar-refractivity contribution is 0.0343. The topological polar surface area (TPSA) is 113 Å². The molecule has 0 spiro atoms. The summed E-state index contributed by atoms with van der Waals surface area (Å²) in [6, 6.07) is 19.1. The van der Waals surface area contributed by atoms with Crippen molar-refractivity contribution in [3.8, 4) is 17.2 Å². The van der Waals surface area contributed by atoms with Crippen molar-refractivity contribution in [3.05, 3.63) is 77.9 Å². The van der Waals surface area contributed by atoms with Gasteiger partial charge in [-0.1, -0.05) is 25.1 Å². The van der Waals surface area contributed by atoms with Crippen LogP contribution in [0.4, 0.5) is 16.2 Å². The fourth-order valence-electron chi connectivity index (χ4n) is 4.93. The molecule has 0 unspecified atom stereocenters. The van der Waals surface area contributed by atoms with E-state index in [9.17, 15) is 14.7 Å². The SMILES string of the molecule is COc1ccc(CN(C)C[C@@H]2Oc3c(NC(=O)Nc4ccc(OC)cc4)cccc3C(=O)N([C@@H](C)CO)C[C@H]2C)cc1. The lowest BCUT2D eigenvalue weighted by Crippen LogP contribution is -2.49. The molecule has 42 heavy (non-hydrogen) atoms. The standard InChI is InChI=1S/C32H40N4O6/c1-21-17-36(22(2)20-37)31(38)27-7-6-8-28(34-32(39)33-24-11-15-26(41-5)16-12-24)30(27)42-29(21)19-35(3)18-23-9-13-25(40-4)14-10-23/h6-16,21-22,29,37H,17-20H2,1-5H3,(H2,33,34,39)/t21-,22+,29+/m1/s1. The minimum Gasteiger partial charge on any atom is -0.497 e. The molecule has 10 nitrogen and oxygen atoms in total. The van der Waals surface area contributed by atoms with E-state index in [4.69, 9.17) is 14.2 Å². The Kier molecular flexibility index (Phi) is 10.3. The van der Waals surface area contributed by atoms with Crippen molar-refractivity contribution in [3.63, 3.8) is 0 Å². The third-order valence-corrected chi connectivity index (χ3v) is 7.39. The van der Waals surface area contributed by atoms with Crippen molar-refractivity contribution in [1.29, 1.82) is 0 Å². The molecule has 0 bridgehead atoms. The molecule has 4 rings (SSSR count). The highest BCUT2D eigenvalue weighted by molar-refractivity contribution is 6.04. The Morgan fingerprint density at radius 1 is 1.05 bits per heavy atom. The Hall–Kier alpha value is -4.28. The first-order chi connectivity index (χ1) is 20.2. The van der Waals surface area contributed by atoms with Gasteiger partial charge in [-0.15, -0.1) is 0 Å². The van der Waals surface area contributed by atoms with Gasteiger partial charge in [-0.2, -0.15) is 0 Å². The number of anilines is 2. The zero-order valence-corrected chi connectivity index (χ0v) is 24.8. The number of aliphatic hydroxyl groups excluding tert-OH is 1. The summed E-state index contributed by atoms with van der Waals surface area (Å²) in [6.07, 6.45) is -0.318. The largest absolute Gasteiger partial charge is 0.497 e. The average molecular weight is 577 g/mol. The van der Waals surface area contributed by atoms with E-state index in [0.29, 0.717) is 48.1 Å². The second kappa shape index (κ2) is 14.1. The molecule has 0 saturated heterocycles. The molecule has 0 saturated carbocycles. The quantitative estimate of drug-likeness (QED) is 0.321. The Morgan fingerprint density at radius 3 is 2.31 bits per heavy atom. The summed E-state index contributed by atoms with van der Waals surface area (Å²) in [4.78, 5) is 30.6. The number of ether oxygens (including phenoxy) is 3. The van der Waals surface area contributed by atoms with Crippen LogP contribution in [0.25, 0.3) is 0 Å². The monoisotopic (exact) mass is 576 g/mol. The van der Waals surface area contributed by atoms with Crippen LogP contribution in [0.15, 0.2) is 66.7 Å². The number of carbonyl (C=O) groups is 2. The highest BCUT2D eigenvalue weighted by Crippen LogP contribution is 2.35. The van der Waals surface area contributed by atoms with Crippen LogP contribution in [-0.4, -0.2) is 80.0 Å². The molecule has 10 heteroatoms. The minimum absolute atomic E-state index is 0.0735. The second-order valence-corrected chi connectivity index (χ2v) is 10.7. The van der Waals surface area contributed by atoms with E-state index in [1.807, 2.05) is 45.2 Å². The molecule has 0 aliphatic carbocycles. The summed E-state index contributed by atoms with van der Waals surface area (Å²) in [5.41, 5.74) is 2.41. The number of nitrogens with zero attached hydrogens (tertiary/aromatic N) is 2. The van der Waals surface area contributed by atoms with Crippen LogP contribution in [0.3, 0.4) is 0 Å². The molecule has 0 fully saturated rings. The van der Waals surface area contributed by atoms with Crippen LogP contribution in [0.5, 0.6) is 17.2 Å². The van der Waals surface area contributed by atoms with Crippen LogP contribution in [-0.2, 0) is 6.54 Å². The summed E-state index contributed by atoms with van der Waals surface area (Å²) in [5.74, 6) is 1.44. The van der Waals surface area contributed by atoms with Gasteiger partial charge in [0.05, 0.1) is 38.1 Å². The molecule has 3 atom stereocenters. The van der Waals surface area contributed by atoms with E-state index in [1.54, 1.807) is 61.6 Å². The fraction of sp³-hybridized carbons (Fsp3) is 0.375. The zero-order valence-electron chi connectivity index (χ0n) is 24.8. The van der Waals surface area contributed by atoms with Gasteiger partial charge in [-0.3, -0.25) is 9.69 Å². The number of aliphatic hydroxyl groups is 1. The number of para-hydroxylation sites is 1. The van der Waals surface area contributed by atoms with Crippen LogP contribution in [0, 0.1) is 5.92 Å². The van der Waals surface area contributed by atoms with E-state index < -0.39 is 12.1 Å². The number of urea groups is 1. The number of hydrogen-bond donors (Lipinski definition) is 3. The molecular formula is C32H40N4O6. The normalized spacial score (nSPS) is 17.4. The maximum atomic E-state index is 13.7. The number of amides is 3. The van der Waals surface area contributed by atoms with Crippen molar-refractivity contribution >= 4 is 23.3 Å². The van der Waals surface area contributed by atoms with Crippen molar-refractivity contribution in [2.75, 3.05) is 51.6 Å². The first-order valence-corrected chi connectivity index (χ1v) is 14.0. The van der Waals surface area contributed by atoms with Crippen molar-refractivity contribution < 1.29 is 28.9 Å². The predicted molar refractivity (Wildman–Crippen MR) is 163 cm³/mol. The highest BCUT2D eigenvalue weighted by atomic mass is 16.5. The summed E-state index contributed by atoms with van der Waals surface area (Å²) in [6.45, 7) is 5.35. The summed E-state index contributed by atoms with van der Waals surface area (Å²) in [5, 5.41) is 15.6. The average Bonchev–Trinajstić information content (AvgIpc) is 2.99. The van der Waals surface area contributed by atoms with Gasteiger partial charge in [0.15, 0.2) is 5.75 Å². The number of rotatable bonds is 10. The van der Waals surface area contributed by atoms with Crippen LogP contribution < -0.4 is 24.8 Å². The van der Waals surface area contributed by atoms with Gasteiger partial charge in [0.2, 0.25) is 0 Å². The summed E-state index contributed by atoms with van der Waals surface area (Å²) < 4.78 is 17.1. The lowest BCUT2D eigenvalue weighted by Gasteiger charge is -2.38. The summed E-state index contributed by atoms with van der Waals surface area (Å²) >= 11 is 0. The first-order valence-electron chi connectivity index (χ1n) is 14.0. The zero-order chi connectivity index (χ0) is 30.2. The van der Waals surface area contributed by atoms with Crippen LogP contribution >= 0.6 is 0 Å². The van der Waals surface area contributed by atoms with Gasteiger partial charge >= 0.3 is 6.03 Å². The van der Waals surface area contributed by atoms with Gasteiger partial charge < -0.3 is 34.9 Å². The molecule has 0 radical (unpaired) electrons. The molecule has 1 heterocycles. The van der Waals surface area contributed by atoms with Gasteiger partial charge in [0.1, 0.15) is 17.6 Å². The molecule has 3 amide bonds. The van der Waals surface area contributed by atoms with E-state index in [-0.39, 0.29) is 24.5 Å². The lowest BCUT2D eigenvalue weighted by atomic mass is 9.99. The van der Waals surface area contributed by atoms with Crippen LogP contribution in [0.2, 0.25) is 0 Å². The molecule has 1 aliphatic heterocycles. The molecule has 3 aromatic carbocycles. The minimum atomic E-state index is -0.478. The van der Waals surface area contributed by atoms with Crippen molar-refractivity contribution in [1.82, 2.24) is 9.80 Å². The Bertz CT molecular complexity index is 1350. The fourth-order valence-corrected chi connectivity index (χ4v) is 4.93. The van der Waals surface area contributed by atoms with Crippen LogP contribution in [0.1, 0.15) is 29.8 Å². The van der Waals surface area contributed by atoms with E-state index in [0.717, 1.165) is 11.3 Å². The van der Waals surface area contributed by atoms with E-state index in [1.165, 1.54) is 0 Å². The van der Waals surface area contributed by atoms with Crippen molar-refractivity contribution in [2.24, 2.45) is 5.92 Å². The smallest absolute Gasteiger partial charge is 0.323 e. The number of nitrogens with one attached hydrogen (secondary N) is 2. The number of hydrogen-bond acceptors (Lipinski definition) is 7. The van der Waals surface area contributed by atoms with E-state index >= 15 is 0 Å². The Balaban J connectivity index is 1.60. The molecule has 224 valence electrons. The third-order valence-electron chi connectivity index (χ3n) is 7.39. The molecular weight excluding hydrogens is 536 g/mol. The predicted octanol–water partition coefficient (Wildman–Crippen LogP) is 4.70. The molecule has 0 aromatic heterocycles. The molecule has 3 N–H and O–H groups in total. The number of methoxy groups -OCH3 is 2. The Labute approximate surface area is 247 Å². The second-order valence-electron chi connectivity index (χ2n) is 10.7. The summed E-state index contributed by atoms with van der Waals surface area (Å²) in [7, 11) is 5.24. The number of benzene rings is 3. The van der Waals surface area contributed by atoms with Gasteiger partial charge in [0, 0.05) is 31.2 Å². The van der Waals surface area contributed by atoms with Gasteiger partial charge in [0.25, 0.3) is 5.91 Å². The number of carbonyl (C=O) groups excluding carboxylic acids is 2. The number of likely N-dealkylation sites (N-methyl/N-ethyl adjacent to an activating group) is 1. The van der Waals surface area contributed by atoms with E-state index in [2.05, 4.69) is 15.5 Å². The molecule has 1 aliphatic rings. The third kappa shape index (κ3) is 7.51. The Morgan fingerprint density at radius 2 is 1.69 bits per heavy atom.